The highest BCUT2D eigenvalue weighted by Gasteiger charge is 2.31. The average Bonchev–Trinajstić information content (AvgIpc) is 3.08. The molecule has 1 aliphatic carbocycles. The second-order valence-corrected chi connectivity index (χ2v) is 6.48. The number of aliphatic hydroxyl groups excluding tert-OH is 1. The molecule has 0 bridgehead atoms. The monoisotopic (exact) mass is 301 g/mol. The summed E-state index contributed by atoms with van der Waals surface area (Å²) in [6.07, 6.45) is 2.40. The first-order valence-electron chi connectivity index (χ1n) is 7.31. The van der Waals surface area contributed by atoms with Gasteiger partial charge in [-0.25, -0.2) is 0 Å². The highest BCUT2D eigenvalue weighted by Crippen LogP contribution is 2.31. The molecule has 1 aromatic heterocycles. The minimum absolute atomic E-state index is 0.0207. The summed E-state index contributed by atoms with van der Waals surface area (Å²) in [6, 6.07) is 11.8. The van der Waals surface area contributed by atoms with Crippen LogP contribution in [0.4, 0.5) is 0 Å². The first-order chi connectivity index (χ1) is 10.2. The van der Waals surface area contributed by atoms with E-state index in [4.69, 9.17) is 0 Å². The summed E-state index contributed by atoms with van der Waals surface area (Å²) in [6.45, 7) is 0. The Hall–Kier alpha value is -1.65. The molecule has 1 heterocycles. The van der Waals surface area contributed by atoms with Crippen LogP contribution in [0.25, 0.3) is 0 Å². The van der Waals surface area contributed by atoms with Gasteiger partial charge in [0.05, 0.1) is 12.1 Å². The van der Waals surface area contributed by atoms with Gasteiger partial charge in [0.15, 0.2) is 0 Å². The Kier molecular flexibility index (Phi) is 4.36. The first-order valence-corrected chi connectivity index (χ1v) is 8.19. The second kappa shape index (κ2) is 6.41. The van der Waals surface area contributed by atoms with Crippen LogP contribution in [0.15, 0.2) is 41.8 Å². The van der Waals surface area contributed by atoms with Crippen molar-refractivity contribution in [3.8, 4) is 0 Å². The standard InChI is InChI=1S/C17H19NO2S/c19-15-11-12-5-1-2-8-14(12)17(15)18-16(20)9-3-6-13-7-4-10-21-13/h1-2,4-5,7-8,10,15,17,19H,3,6,9,11H2,(H,18,20). The third-order valence-electron chi connectivity index (χ3n) is 3.93. The molecule has 1 aliphatic rings. The maximum atomic E-state index is 12.1. The largest absolute Gasteiger partial charge is 0.390 e. The van der Waals surface area contributed by atoms with Crippen molar-refractivity contribution in [2.24, 2.45) is 0 Å². The number of rotatable bonds is 5. The Morgan fingerprint density at radius 3 is 2.95 bits per heavy atom. The van der Waals surface area contributed by atoms with Gasteiger partial charge in [-0.15, -0.1) is 11.3 Å². The summed E-state index contributed by atoms with van der Waals surface area (Å²) in [5.74, 6) is 0.0207. The van der Waals surface area contributed by atoms with Crippen molar-refractivity contribution in [2.75, 3.05) is 0 Å². The van der Waals surface area contributed by atoms with Crippen molar-refractivity contribution in [3.63, 3.8) is 0 Å². The van der Waals surface area contributed by atoms with Crippen molar-refractivity contribution in [1.29, 1.82) is 0 Å². The quantitative estimate of drug-likeness (QED) is 0.892. The number of fused-ring (bicyclic) bond motifs is 1. The Bertz CT molecular complexity index is 609. The van der Waals surface area contributed by atoms with Gasteiger partial charge in [-0.3, -0.25) is 4.79 Å². The van der Waals surface area contributed by atoms with Crippen LogP contribution in [0, 0.1) is 0 Å². The summed E-state index contributed by atoms with van der Waals surface area (Å²) in [4.78, 5) is 13.4. The molecule has 3 rings (SSSR count). The maximum absolute atomic E-state index is 12.1. The van der Waals surface area contributed by atoms with Crippen LogP contribution < -0.4 is 5.32 Å². The van der Waals surface area contributed by atoms with Crippen LogP contribution in [-0.2, 0) is 17.6 Å². The molecule has 0 aliphatic heterocycles. The zero-order valence-corrected chi connectivity index (χ0v) is 12.6. The van der Waals surface area contributed by atoms with Crippen LogP contribution >= 0.6 is 11.3 Å². The summed E-state index contributed by atoms with van der Waals surface area (Å²) in [5, 5.41) is 15.2. The van der Waals surface area contributed by atoms with Crippen LogP contribution in [-0.4, -0.2) is 17.1 Å². The van der Waals surface area contributed by atoms with Crippen LogP contribution in [0.2, 0.25) is 0 Å². The van der Waals surface area contributed by atoms with E-state index in [9.17, 15) is 9.90 Å². The molecule has 110 valence electrons. The molecule has 0 saturated heterocycles. The maximum Gasteiger partial charge on any atom is 0.220 e. The van der Waals surface area contributed by atoms with Crippen LogP contribution in [0.3, 0.4) is 0 Å². The van der Waals surface area contributed by atoms with Gasteiger partial charge >= 0.3 is 0 Å². The fraction of sp³-hybridized carbons (Fsp3) is 0.353. The normalized spacial score (nSPS) is 20.2. The number of thiophene rings is 1. The molecule has 2 atom stereocenters. The Balaban J connectivity index is 1.53. The number of hydrogen-bond donors (Lipinski definition) is 2. The minimum atomic E-state index is -0.511. The molecule has 1 aromatic carbocycles. The van der Waals surface area contributed by atoms with E-state index >= 15 is 0 Å². The number of nitrogens with one attached hydrogen (secondary N) is 1. The molecule has 3 nitrogen and oxygen atoms in total. The van der Waals surface area contributed by atoms with Crippen LogP contribution in [0.5, 0.6) is 0 Å². The molecule has 1 amide bonds. The molecule has 21 heavy (non-hydrogen) atoms. The van der Waals surface area contributed by atoms with E-state index in [1.165, 1.54) is 4.88 Å². The van der Waals surface area contributed by atoms with E-state index in [1.54, 1.807) is 11.3 Å². The van der Waals surface area contributed by atoms with Gasteiger partial charge in [0, 0.05) is 17.7 Å². The molecule has 0 saturated carbocycles. The number of carbonyl (C=O) groups is 1. The second-order valence-electron chi connectivity index (χ2n) is 5.45. The number of aryl methyl sites for hydroxylation is 1. The van der Waals surface area contributed by atoms with Crippen molar-refractivity contribution < 1.29 is 9.90 Å². The van der Waals surface area contributed by atoms with Gasteiger partial charge in [-0.05, 0) is 35.4 Å². The average molecular weight is 301 g/mol. The lowest BCUT2D eigenvalue weighted by molar-refractivity contribution is -0.122. The highest BCUT2D eigenvalue weighted by molar-refractivity contribution is 7.09. The van der Waals surface area contributed by atoms with Gasteiger partial charge in [0.25, 0.3) is 0 Å². The molecule has 0 fully saturated rings. The van der Waals surface area contributed by atoms with Crippen molar-refractivity contribution in [2.45, 2.75) is 37.8 Å². The van der Waals surface area contributed by atoms with Gasteiger partial charge in [0.1, 0.15) is 0 Å². The molecule has 4 heteroatoms. The number of aliphatic hydroxyl groups is 1. The summed E-state index contributed by atoms with van der Waals surface area (Å²) in [7, 11) is 0. The predicted octanol–water partition coefficient (Wildman–Crippen LogP) is 2.85. The topological polar surface area (TPSA) is 49.3 Å². The zero-order valence-electron chi connectivity index (χ0n) is 11.8. The number of carbonyl (C=O) groups excluding carboxylic acids is 1. The van der Waals surface area contributed by atoms with Crippen molar-refractivity contribution in [3.05, 3.63) is 57.8 Å². The summed E-state index contributed by atoms with van der Waals surface area (Å²) >= 11 is 1.73. The number of hydrogen-bond acceptors (Lipinski definition) is 3. The molecule has 0 radical (unpaired) electrons. The Morgan fingerprint density at radius 2 is 2.14 bits per heavy atom. The van der Waals surface area contributed by atoms with E-state index in [0.29, 0.717) is 12.8 Å². The number of benzene rings is 1. The van der Waals surface area contributed by atoms with Gasteiger partial charge in [-0.1, -0.05) is 30.3 Å². The lowest BCUT2D eigenvalue weighted by Crippen LogP contribution is -2.33. The minimum Gasteiger partial charge on any atom is -0.390 e. The Morgan fingerprint density at radius 1 is 1.29 bits per heavy atom. The van der Waals surface area contributed by atoms with Gasteiger partial charge in [-0.2, -0.15) is 0 Å². The molecular weight excluding hydrogens is 282 g/mol. The molecule has 2 N–H and O–H groups in total. The zero-order chi connectivity index (χ0) is 14.7. The molecule has 2 unspecified atom stereocenters. The van der Waals surface area contributed by atoms with E-state index in [2.05, 4.69) is 16.8 Å². The molecule has 2 aromatic rings. The van der Waals surface area contributed by atoms with Crippen molar-refractivity contribution >= 4 is 17.2 Å². The summed E-state index contributed by atoms with van der Waals surface area (Å²) < 4.78 is 0. The fourth-order valence-corrected chi connectivity index (χ4v) is 3.62. The third-order valence-corrected chi connectivity index (χ3v) is 4.86. The van der Waals surface area contributed by atoms with Gasteiger partial charge in [0.2, 0.25) is 5.91 Å². The third kappa shape index (κ3) is 3.34. The number of amides is 1. The molecular formula is C17H19NO2S. The van der Waals surface area contributed by atoms with E-state index in [0.717, 1.165) is 24.0 Å². The van der Waals surface area contributed by atoms with E-state index < -0.39 is 6.10 Å². The predicted molar refractivity (Wildman–Crippen MR) is 84.3 cm³/mol. The van der Waals surface area contributed by atoms with Crippen molar-refractivity contribution in [1.82, 2.24) is 5.32 Å². The lowest BCUT2D eigenvalue weighted by atomic mass is 10.1. The van der Waals surface area contributed by atoms with Gasteiger partial charge < -0.3 is 10.4 Å². The van der Waals surface area contributed by atoms with E-state index in [1.807, 2.05) is 30.3 Å². The SMILES string of the molecule is O=C(CCCc1cccs1)NC1c2ccccc2CC1O. The fourth-order valence-electron chi connectivity index (χ4n) is 2.87. The van der Waals surface area contributed by atoms with Crippen LogP contribution in [0.1, 0.15) is 34.9 Å². The van der Waals surface area contributed by atoms with E-state index in [-0.39, 0.29) is 11.9 Å². The lowest BCUT2D eigenvalue weighted by Gasteiger charge is -2.17. The smallest absolute Gasteiger partial charge is 0.220 e. The first kappa shape index (κ1) is 14.3. The Labute approximate surface area is 128 Å². The highest BCUT2D eigenvalue weighted by atomic mass is 32.1. The summed E-state index contributed by atoms with van der Waals surface area (Å²) in [5.41, 5.74) is 2.19. The molecule has 0 spiro atoms.